The van der Waals surface area contributed by atoms with Crippen LogP contribution in [-0.2, 0) is 4.74 Å². The lowest BCUT2D eigenvalue weighted by Crippen LogP contribution is -2.04. The second-order valence-corrected chi connectivity index (χ2v) is 2.86. The number of carbonyl (C=O) groups excluding carboxylic acids is 1. The molecule has 0 saturated heterocycles. The van der Waals surface area contributed by atoms with Gasteiger partial charge in [0.05, 0.1) is 30.2 Å². The molecule has 0 aliphatic heterocycles. The average molecular weight is 190 g/mol. The second kappa shape index (κ2) is 3.49. The van der Waals surface area contributed by atoms with Crippen LogP contribution in [0.25, 0.3) is 5.52 Å². The van der Waals surface area contributed by atoms with Crippen molar-refractivity contribution in [1.82, 2.24) is 9.38 Å². The second-order valence-electron chi connectivity index (χ2n) is 2.86. The molecule has 0 saturated carbocycles. The summed E-state index contributed by atoms with van der Waals surface area (Å²) in [7, 11) is 0. The summed E-state index contributed by atoms with van der Waals surface area (Å²) in [5, 5.41) is 0. The van der Waals surface area contributed by atoms with Crippen molar-refractivity contribution >= 4 is 11.5 Å². The summed E-state index contributed by atoms with van der Waals surface area (Å²) in [4.78, 5) is 15.3. The molecule has 4 heteroatoms. The number of pyridine rings is 1. The van der Waals surface area contributed by atoms with Crippen molar-refractivity contribution in [2.24, 2.45) is 0 Å². The molecule has 0 aromatic carbocycles. The van der Waals surface area contributed by atoms with Crippen molar-refractivity contribution in [2.75, 3.05) is 6.61 Å². The Hall–Kier alpha value is -1.84. The predicted molar refractivity (Wildman–Crippen MR) is 51.1 cm³/mol. The van der Waals surface area contributed by atoms with Gasteiger partial charge in [-0.25, -0.2) is 9.78 Å². The first kappa shape index (κ1) is 8.74. The molecule has 0 N–H and O–H groups in total. The summed E-state index contributed by atoms with van der Waals surface area (Å²) in [6.07, 6.45) is 5.17. The van der Waals surface area contributed by atoms with E-state index in [0.29, 0.717) is 12.2 Å². The largest absolute Gasteiger partial charge is 0.462 e. The highest BCUT2D eigenvalue weighted by Crippen LogP contribution is 2.07. The van der Waals surface area contributed by atoms with Crippen LogP contribution < -0.4 is 0 Å². The molecule has 0 aliphatic carbocycles. The molecule has 72 valence electrons. The molecule has 2 aromatic heterocycles. The Balaban J connectivity index is 2.38. The van der Waals surface area contributed by atoms with Crippen molar-refractivity contribution < 1.29 is 9.53 Å². The third-order valence-corrected chi connectivity index (χ3v) is 1.93. The highest BCUT2D eigenvalue weighted by Gasteiger charge is 2.06. The quantitative estimate of drug-likeness (QED) is 0.674. The monoisotopic (exact) mass is 190 g/mol. The molecule has 4 nitrogen and oxygen atoms in total. The van der Waals surface area contributed by atoms with Crippen LogP contribution in [0, 0.1) is 0 Å². The number of nitrogens with zero attached hydrogens (tertiary/aromatic N) is 2. The van der Waals surface area contributed by atoms with Crippen LogP contribution in [0.1, 0.15) is 17.3 Å². The average Bonchev–Trinajstić information content (AvgIpc) is 2.64. The number of fused-ring (bicyclic) bond motifs is 1. The van der Waals surface area contributed by atoms with Crippen LogP contribution in [0.4, 0.5) is 0 Å². The van der Waals surface area contributed by atoms with Gasteiger partial charge in [-0.3, -0.25) is 0 Å². The first-order valence-corrected chi connectivity index (χ1v) is 4.40. The van der Waals surface area contributed by atoms with Crippen LogP contribution >= 0.6 is 0 Å². The molecule has 0 bridgehead atoms. The lowest BCUT2D eigenvalue weighted by atomic mass is 10.2. The third kappa shape index (κ3) is 1.46. The first-order chi connectivity index (χ1) is 6.81. The highest BCUT2D eigenvalue weighted by atomic mass is 16.5. The molecule has 0 spiro atoms. The van der Waals surface area contributed by atoms with E-state index in [2.05, 4.69) is 4.98 Å². The minimum Gasteiger partial charge on any atom is -0.462 e. The van der Waals surface area contributed by atoms with Crippen molar-refractivity contribution in [2.45, 2.75) is 6.92 Å². The summed E-state index contributed by atoms with van der Waals surface area (Å²) >= 11 is 0. The fourth-order valence-electron chi connectivity index (χ4n) is 1.26. The topological polar surface area (TPSA) is 43.6 Å². The van der Waals surface area contributed by atoms with Crippen LogP contribution in [-0.4, -0.2) is 22.0 Å². The minimum absolute atomic E-state index is 0.295. The number of hydrogen-bond donors (Lipinski definition) is 0. The van der Waals surface area contributed by atoms with Crippen LogP contribution in [0.3, 0.4) is 0 Å². The maximum absolute atomic E-state index is 11.4. The molecule has 0 aliphatic rings. The van der Waals surface area contributed by atoms with Crippen molar-refractivity contribution in [3.8, 4) is 0 Å². The summed E-state index contributed by atoms with van der Waals surface area (Å²) in [5.74, 6) is -0.295. The van der Waals surface area contributed by atoms with Gasteiger partial charge in [-0.1, -0.05) is 0 Å². The Morgan fingerprint density at radius 1 is 1.64 bits per heavy atom. The SMILES string of the molecule is CCOC(=O)c1ccn2cncc2c1. The molecule has 2 aromatic rings. The van der Waals surface area contributed by atoms with Crippen molar-refractivity contribution in [3.63, 3.8) is 0 Å². The van der Waals surface area contributed by atoms with E-state index in [1.54, 1.807) is 37.8 Å². The minimum atomic E-state index is -0.295. The normalized spacial score (nSPS) is 10.4. The molecule has 0 atom stereocenters. The van der Waals surface area contributed by atoms with Crippen LogP contribution in [0.2, 0.25) is 0 Å². The molecule has 0 amide bonds. The fourth-order valence-corrected chi connectivity index (χ4v) is 1.26. The molecule has 14 heavy (non-hydrogen) atoms. The summed E-state index contributed by atoms with van der Waals surface area (Å²) in [6, 6.07) is 3.47. The van der Waals surface area contributed by atoms with E-state index in [4.69, 9.17) is 4.74 Å². The van der Waals surface area contributed by atoms with Gasteiger partial charge < -0.3 is 9.14 Å². The standard InChI is InChI=1S/C10H10N2O2/c1-2-14-10(13)8-3-4-12-7-11-6-9(12)5-8/h3-7H,2H2,1H3. The van der Waals surface area contributed by atoms with Gasteiger partial charge in [-0.15, -0.1) is 0 Å². The van der Waals surface area contributed by atoms with Gasteiger partial charge in [-0.2, -0.15) is 0 Å². The van der Waals surface area contributed by atoms with Gasteiger partial charge >= 0.3 is 5.97 Å². The van der Waals surface area contributed by atoms with Gasteiger partial charge in [-0.05, 0) is 19.1 Å². The van der Waals surface area contributed by atoms with Gasteiger partial charge in [0.15, 0.2) is 0 Å². The Kier molecular flexibility index (Phi) is 2.18. The summed E-state index contributed by atoms with van der Waals surface area (Å²) in [5.41, 5.74) is 1.44. The fraction of sp³-hybridized carbons (Fsp3) is 0.200. The van der Waals surface area contributed by atoms with Crippen molar-refractivity contribution in [3.05, 3.63) is 36.4 Å². The summed E-state index contributed by atoms with van der Waals surface area (Å²) in [6.45, 7) is 2.18. The molecule has 0 unspecified atom stereocenters. The van der Waals surface area contributed by atoms with E-state index in [-0.39, 0.29) is 5.97 Å². The zero-order valence-corrected chi connectivity index (χ0v) is 7.80. The molecular weight excluding hydrogens is 180 g/mol. The maximum Gasteiger partial charge on any atom is 0.338 e. The van der Waals surface area contributed by atoms with Crippen molar-refractivity contribution in [1.29, 1.82) is 0 Å². The van der Waals surface area contributed by atoms with Crippen LogP contribution in [0.15, 0.2) is 30.9 Å². The molecular formula is C10H10N2O2. The summed E-state index contributed by atoms with van der Waals surface area (Å²) < 4.78 is 6.72. The number of hydrogen-bond acceptors (Lipinski definition) is 3. The smallest absolute Gasteiger partial charge is 0.338 e. The Labute approximate surface area is 81.1 Å². The Morgan fingerprint density at radius 2 is 2.50 bits per heavy atom. The van der Waals surface area contributed by atoms with Gasteiger partial charge in [0, 0.05) is 6.20 Å². The van der Waals surface area contributed by atoms with E-state index in [0.717, 1.165) is 5.52 Å². The number of imidazole rings is 1. The maximum atomic E-state index is 11.4. The molecule has 0 fully saturated rings. The third-order valence-electron chi connectivity index (χ3n) is 1.93. The van der Waals surface area contributed by atoms with Crippen LogP contribution in [0.5, 0.6) is 0 Å². The molecule has 2 heterocycles. The van der Waals surface area contributed by atoms with E-state index in [9.17, 15) is 4.79 Å². The van der Waals surface area contributed by atoms with E-state index in [1.807, 2.05) is 4.40 Å². The molecule has 0 radical (unpaired) electrons. The number of carbonyl (C=O) groups is 1. The lowest BCUT2D eigenvalue weighted by Gasteiger charge is -2.01. The van der Waals surface area contributed by atoms with E-state index in [1.165, 1.54) is 0 Å². The zero-order chi connectivity index (χ0) is 9.97. The lowest BCUT2D eigenvalue weighted by molar-refractivity contribution is 0.0526. The van der Waals surface area contributed by atoms with Gasteiger partial charge in [0.1, 0.15) is 0 Å². The van der Waals surface area contributed by atoms with E-state index < -0.39 is 0 Å². The predicted octanol–water partition coefficient (Wildman–Crippen LogP) is 1.51. The number of aromatic nitrogens is 2. The van der Waals surface area contributed by atoms with Gasteiger partial charge in [0.25, 0.3) is 0 Å². The number of ether oxygens (including phenoxy) is 1. The molecule has 2 rings (SSSR count). The first-order valence-electron chi connectivity index (χ1n) is 4.40. The number of esters is 1. The van der Waals surface area contributed by atoms with Gasteiger partial charge in [0.2, 0.25) is 0 Å². The number of rotatable bonds is 2. The highest BCUT2D eigenvalue weighted by molar-refractivity contribution is 5.90. The Bertz CT molecular complexity index is 462. The zero-order valence-electron chi connectivity index (χ0n) is 7.80. The Morgan fingerprint density at radius 3 is 3.29 bits per heavy atom. The van der Waals surface area contributed by atoms with E-state index >= 15 is 0 Å².